The highest BCUT2D eigenvalue weighted by atomic mass is 35.5. The Hall–Kier alpha value is -1.81. The van der Waals surface area contributed by atoms with Crippen LogP contribution in [-0.2, 0) is 11.2 Å². The van der Waals surface area contributed by atoms with Crippen LogP contribution in [0.5, 0.6) is 0 Å². The van der Waals surface area contributed by atoms with Crippen molar-refractivity contribution in [2.45, 2.75) is 12.8 Å². The number of aryl methyl sites for hydroxylation is 1. The lowest BCUT2D eigenvalue weighted by atomic mass is 10.0. The van der Waals surface area contributed by atoms with Crippen LogP contribution in [0.1, 0.15) is 12.1 Å². The molecule has 1 N–H and O–H groups in total. The monoisotopic (exact) mass is 251 g/mol. The second kappa shape index (κ2) is 5.01. The number of aromatic nitrogens is 1. The van der Waals surface area contributed by atoms with E-state index in [0.29, 0.717) is 17.1 Å². The summed E-state index contributed by atoms with van der Waals surface area (Å²) in [5.74, 6) is -0.863. The molecule has 2 aromatic rings. The number of hydrogen-bond donors (Lipinski definition) is 1. The van der Waals surface area contributed by atoms with Crippen LogP contribution in [0.25, 0.3) is 11.1 Å². The van der Waals surface area contributed by atoms with Gasteiger partial charge in [-0.05, 0) is 6.07 Å². The van der Waals surface area contributed by atoms with Crippen molar-refractivity contribution in [2.75, 3.05) is 0 Å². The van der Waals surface area contributed by atoms with Gasteiger partial charge in [-0.2, -0.15) is 0 Å². The molecule has 0 saturated heterocycles. The Morgan fingerprint density at radius 1 is 1.35 bits per heavy atom. The van der Waals surface area contributed by atoms with Gasteiger partial charge in [0.15, 0.2) is 0 Å². The van der Waals surface area contributed by atoms with Crippen molar-refractivity contribution in [3.63, 3.8) is 0 Å². The molecular formula is C12H10ClNO3. The number of rotatable bonds is 4. The molecule has 0 fully saturated rings. The first-order valence-electron chi connectivity index (χ1n) is 5.08. The quantitative estimate of drug-likeness (QED) is 0.907. The number of aliphatic carboxylic acids is 1. The molecule has 0 aliphatic heterocycles. The highest BCUT2D eigenvalue weighted by Gasteiger charge is 2.13. The van der Waals surface area contributed by atoms with Gasteiger partial charge < -0.3 is 9.63 Å². The van der Waals surface area contributed by atoms with Gasteiger partial charge in [0.25, 0.3) is 0 Å². The molecule has 0 bridgehead atoms. The van der Waals surface area contributed by atoms with Crippen molar-refractivity contribution < 1.29 is 14.4 Å². The van der Waals surface area contributed by atoms with E-state index in [0.717, 1.165) is 11.1 Å². The molecule has 0 amide bonds. The van der Waals surface area contributed by atoms with E-state index in [1.54, 1.807) is 6.07 Å². The van der Waals surface area contributed by atoms with Crippen molar-refractivity contribution in [1.82, 2.24) is 5.16 Å². The van der Waals surface area contributed by atoms with E-state index in [4.69, 9.17) is 21.2 Å². The zero-order valence-corrected chi connectivity index (χ0v) is 9.65. The van der Waals surface area contributed by atoms with E-state index < -0.39 is 5.97 Å². The number of carbonyl (C=O) groups is 1. The van der Waals surface area contributed by atoms with E-state index in [1.807, 2.05) is 18.2 Å². The fourth-order valence-electron chi connectivity index (χ4n) is 1.56. The zero-order valence-electron chi connectivity index (χ0n) is 8.89. The van der Waals surface area contributed by atoms with E-state index in [2.05, 4.69) is 5.16 Å². The summed E-state index contributed by atoms with van der Waals surface area (Å²) in [4.78, 5) is 10.5. The summed E-state index contributed by atoms with van der Waals surface area (Å²) in [5, 5.41) is 13.0. The number of benzene rings is 1. The maximum absolute atomic E-state index is 10.5. The Morgan fingerprint density at radius 2 is 2.12 bits per heavy atom. The molecule has 1 aromatic carbocycles. The first kappa shape index (κ1) is 11.7. The summed E-state index contributed by atoms with van der Waals surface area (Å²) < 4.78 is 4.89. The second-order valence-electron chi connectivity index (χ2n) is 3.55. The van der Waals surface area contributed by atoms with Crippen molar-refractivity contribution in [1.29, 1.82) is 0 Å². The molecule has 0 saturated carbocycles. The van der Waals surface area contributed by atoms with E-state index in [-0.39, 0.29) is 6.42 Å². The summed E-state index contributed by atoms with van der Waals surface area (Å²) >= 11 is 6.06. The number of nitrogens with zero attached hydrogens (tertiary/aromatic N) is 1. The van der Waals surface area contributed by atoms with Crippen LogP contribution in [0.3, 0.4) is 0 Å². The molecule has 0 aliphatic carbocycles. The number of carboxylic acids is 1. The van der Waals surface area contributed by atoms with Crippen LogP contribution in [0.4, 0.5) is 0 Å². The topological polar surface area (TPSA) is 63.3 Å². The molecule has 17 heavy (non-hydrogen) atoms. The highest BCUT2D eigenvalue weighted by Crippen LogP contribution is 2.30. The minimum absolute atomic E-state index is 0.0178. The predicted octanol–water partition coefficient (Wildman–Crippen LogP) is 3.01. The summed E-state index contributed by atoms with van der Waals surface area (Å²) in [5.41, 5.74) is 2.16. The Bertz CT molecular complexity index is 536. The zero-order chi connectivity index (χ0) is 12.3. The molecule has 5 heteroatoms. The Labute approximate surface area is 103 Å². The summed E-state index contributed by atoms with van der Waals surface area (Å²) in [7, 11) is 0. The van der Waals surface area contributed by atoms with Gasteiger partial charge >= 0.3 is 5.97 Å². The van der Waals surface area contributed by atoms with Gasteiger partial charge in [-0.1, -0.05) is 35.0 Å². The predicted molar refractivity (Wildman–Crippen MR) is 62.9 cm³/mol. The van der Waals surface area contributed by atoms with Crippen LogP contribution in [0.2, 0.25) is 5.02 Å². The Morgan fingerprint density at radius 3 is 2.82 bits per heavy atom. The molecule has 0 radical (unpaired) electrons. The fraction of sp³-hybridized carbons (Fsp3) is 0.167. The summed E-state index contributed by atoms with van der Waals surface area (Å²) in [6.45, 7) is 0. The molecule has 0 aliphatic rings. The van der Waals surface area contributed by atoms with Crippen molar-refractivity contribution in [2.24, 2.45) is 0 Å². The SMILES string of the molecule is O=C(O)CCc1nocc1-c1ccccc1Cl. The van der Waals surface area contributed by atoms with Crippen LogP contribution in [0.15, 0.2) is 35.1 Å². The first-order chi connectivity index (χ1) is 8.18. The van der Waals surface area contributed by atoms with Gasteiger partial charge in [-0.25, -0.2) is 0 Å². The van der Waals surface area contributed by atoms with Gasteiger partial charge in [0, 0.05) is 22.6 Å². The maximum Gasteiger partial charge on any atom is 0.303 e. The Balaban J connectivity index is 2.31. The third-order valence-corrected chi connectivity index (χ3v) is 2.71. The van der Waals surface area contributed by atoms with Gasteiger partial charge in [0.2, 0.25) is 0 Å². The van der Waals surface area contributed by atoms with Crippen LogP contribution in [-0.4, -0.2) is 16.2 Å². The standard InChI is InChI=1S/C12H10ClNO3/c13-10-4-2-1-3-8(10)9-7-17-14-11(9)5-6-12(15)16/h1-4,7H,5-6H2,(H,15,16). The number of halogens is 1. The van der Waals surface area contributed by atoms with E-state index >= 15 is 0 Å². The molecule has 2 rings (SSSR count). The summed E-state index contributed by atoms with van der Waals surface area (Å²) in [6.07, 6.45) is 1.83. The van der Waals surface area contributed by atoms with Crippen molar-refractivity contribution >= 4 is 17.6 Å². The lowest BCUT2D eigenvalue weighted by Gasteiger charge is -2.02. The molecule has 4 nitrogen and oxygen atoms in total. The number of hydrogen-bond acceptors (Lipinski definition) is 3. The minimum atomic E-state index is -0.863. The van der Waals surface area contributed by atoms with E-state index in [9.17, 15) is 4.79 Å². The molecule has 88 valence electrons. The lowest BCUT2D eigenvalue weighted by Crippen LogP contribution is -1.98. The molecule has 0 unspecified atom stereocenters. The maximum atomic E-state index is 10.5. The van der Waals surface area contributed by atoms with Crippen molar-refractivity contribution in [3.8, 4) is 11.1 Å². The fourth-order valence-corrected chi connectivity index (χ4v) is 1.80. The second-order valence-corrected chi connectivity index (χ2v) is 3.96. The van der Waals surface area contributed by atoms with Gasteiger partial charge in [0.1, 0.15) is 6.26 Å². The first-order valence-corrected chi connectivity index (χ1v) is 5.46. The summed E-state index contributed by atoms with van der Waals surface area (Å²) in [6, 6.07) is 7.30. The molecule has 0 spiro atoms. The lowest BCUT2D eigenvalue weighted by molar-refractivity contribution is -0.136. The van der Waals surface area contributed by atoms with Crippen LogP contribution < -0.4 is 0 Å². The average Bonchev–Trinajstić information content (AvgIpc) is 2.75. The third kappa shape index (κ3) is 2.65. The van der Waals surface area contributed by atoms with Crippen molar-refractivity contribution in [3.05, 3.63) is 41.2 Å². The average molecular weight is 252 g/mol. The third-order valence-electron chi connectivity index (χ3n) is 2.38. The minimum Gasteiger partial charge on any atom is -0.481 e. The highest BCUT2D eigenvalue weighted by molar-refractivity contribution is 6.33. The normalized spacial score (nSPS) is 10.4. The number of carboxylic acid groups (broad SMARTS) is 1. The smallest absolute Gasteiger partial charge is 0.303 e. The Kier molecular flexibility index (Phi) is 3.44. The molecule has 1 aromatic heterocycles. The van der Waals surface area contributed by atoms with Crippen LogP contribution in [0, 0.1) is 0 Å². The molecular weight excluding hydrogens is 242 g/mol. The van der Waals surface area contributed by atoms with E-state index in [1.165, 1.54) is 6.26 Å². The van der Waals surface area contributed by atoms with Crippen LogP contribution >= 0.6 is 11.6 Å². The van der Waals surface area contributed by atoms with Gasteiger partial charge in [-0.15, -0.1) is 0 Å². The molecule has 1 heterocycles. The van der Waals surface area contributed by atoms with Gasteiger partial charge in [-0.3, -0.25) is 4.79 Å². The molecule has 0 atom stereocenters. The largest absolute Gasteiger partial charge is 0.481 e. The van der Waals surface area contributed by atoms with Gasteiger partial charge in [0.05, 0.1) is 12.1 Å².